The monoisotopic (exact) mass is 309 g/mol. The van der Waals surface area contributed by atoms with Crippen LogP contribution in [-0.2, 0) is 16.1 Å². The van der Waals surface area contributed by atoms with E-state index in [9.17, 15) is 9.59 Å². The number of halogens is 1. The first-order valence-electron chi connectivity index (χ1n) is 6.01. The number of aromatic nitrogens is 4. The Morgan fingerprint density at radius 1 is 1.38 bits per heavy atom. The number of hydrogen-bond donors (Lipinski definition) is 2. The molecule has 1 aromatic carbocycles. The van der Waals surface area contributed by atoms with Crippen LogP contribution in [0.4, 0.5) is 0 Å². The van der Waals surface area contributed by atoms with Gasteiger partial charge < -0.3 is 10.4 Å². The van der Waals surface area contributed by atoms with Crippen molar-refractivity contribution < 1.29 is 14.7 Å². The summed E-state index contributed by atoms with van der Waals surface area (Å²) in [6, 6.07) is 5.88. The van der Waals surface area contributed by atoms with E-state index in [2.05, 4.69) is 20.7 Å². The van der Waals surface area contributed by atoms with Crippen LogP contribution in [0.3, 0.4) is 0 Å². The smallest absolute Gasteiger partial charge is 0.325 e. The molecule has 0 saturated heterocycles. The lowest BCUT2D eigenvalue weighted by Gasteiger charge is -2.07. The van der Waals surface area contributed by atoms with Crippen LogP contribution in [-0.4, -0.2) is 43.2 Å². The lowest BCUT2D eigenvalue weighted by atomic mass is 10.2. The van der Waals surface area contributed by atoms with E-state index in [0.717, 1.165) is 4.80 Å². The predicted octanol–water partition coefficient (Wildman–Crippen LogP) is 0.583. The highest BCUT2D eigenvalue weighted by atomic mass is 35.5. The van der Waals surface area contributed by atoms with Crippen molar-refractivity contribution in [3.63, 3.8) is 0 Å². The molecular weight excluding hydrogens is 298 g/mol. The third-order valence-electron chi connectivity index (χ3n) is 2.59. The zero-order valence-corrected chi connectivity index (χ0v) is 11.8. The highest BCUT2D eigenvalue weighted by Crippen LogP contribution is 2.16. The van der Waals surface area contributed by atoms with Gasteiger partial charge in [0.25, 0.3) is 0 Å². The largest absolute Gasteiger partial charge is 0.480 e. The minimum absolute atomic E-state index is 0.210. The molecule has 21 heavy (non-hydrogen) atoms. The molecule has 0 spiro atoms. The van der Waals surface area contributed by atoms with E-state index in [1.54, 1.807) is 24.3 Å². The summed E-state index contributed by atoms with van der Waals surface area (Å²) in [5.41, 5.74) is 0.713. The van der Waals surface area contributed by atoms with E-state index in [0.29, 0.717) is 16.4 Å². The zero-order valence-electron chi connectivity index (χ0n) is 11.0. The van der Waals surface area contributed by atoms with Gasteiger partial charge in [0.05, 0.1) is 0 Å². The molecule has 9 heteroatoms. The molecule has 2 rings (SSSR count). The summed E-state index contributed by atoms with van der Waals surface area (Å²) in [6.45, 7) is 1.16. The van der Waals surface area contributed by atoms with Crippen LogP contribution in [0.5, 0.6) is 0 Å². The Hall–Kier alpha value is -2.48. The molecule has 0 aliphatic carbocycles. The lowest BCUT2D eigenvalue weighted by Crippen LogP contribution is -2.40. The number of carboxylic acids is 1. The summed E-state index contributed by atoms with van der Waals surface area (Å²) in [7, 11) is 0. The van der Waals surface area contributed by atoms with Gasteiger partial charge in [-0.25, -0.2) is 0 Å². The minimum Gasteiger partial charge on any atom is -0.480 e. The molecular formula is C12H12ClN5O3. The number of amides is 1. The van der Waals surface area contributed by atoms with E-state index in [1.807, 2.05) is 0 Å². The first kappa shape index (κ1) is 14.9. The number of aliphatic carboxylic acids is 1. The molecule has 2 aromatic rings. The molecule has 8 nitrogen and oxygen atoms in total. The van der Waals surface area contributed by atoms with Crippen molar-refractivity contribution in [2.24, 2.45) is 0 Å². The van der Waals surface area contributed by atoms with Gasteiger partial charge in [0.15, 0.2) is 0 Å². The zero-order chi connectivity index (χ0) is 15.4. The molecule has 1 amide bonds. The quantitative estimate of drug-likeness (QED) is 0.836. The summed E-state index contributed by atoms with van der Waals surface area (Å²) < 4.78 is 0. The van der Waals surface area contributed by atoms with Crippen molar-refractivity contribution >= 4 is 23.5 Å². The number of carbonyl (C=O) groups excluding carboxylic acids is 1. The molecule has 2 N–H and O–H groups in total. The van der Waals surface area contributed by atoms with E-state index in [-0.39, 0.29) is 6.54 Å². The molecule has 0 aliphatic heterocycles. The van der Waals surface area contributed by atoms with Crippen molar-refractivity contribution in [3.8, 4) is 11.4 Å². The van der Waals surface area contributed by atoms with Gasteiger partial charge in [0.2, 0.25) is 11.7 Å². The summed E-state index contributed by atoms with van der Waals surface area (Å²) in [5, 5.41) is 23.2. The number of benzene rings is 1. The maximum absolute atomic E-state index is 11.6. The Morgan fingerprint density at radius 2 is 2.05 bits per heavy atom. The van der Waals surface area contributed by atoms with Gasteiger partial charge in [0, 0.05) is 10.6 Å². The molecule has 1 atom stereocenters. The average molecular weight is 310 g/mol. The van der Waals surface area contributed by atoms with Crippen LogP contribution >= 0.6 is 11.6 Å². The normalized spacial score (nSPS) is 11.9. The van der Waals surface area contributed by atoms with E-state index < -0.39 is 17.9 Å². The molecule has 1 unspecified atom stereocenters. The van der Waals surface area contributed by atoms with Crippen molar-refractivity contribution in [2.45, 2.75) is 19.5 Å². The third-order valence-corrected chi connectivity index (χ3v) is 2.84. The number of rotatable bonds is 5. The maximum atomic E-state index is 11.6. The third kappa shape index (κ3) is 3.99. The van der Waals surface area contributed by atoms with E-state index in [4.69, 9.17) is 16.7 Å². The van der Waals surface area contributed by atoms with Gasteiger partial charge in [-0.05, 0) is 36.4 Å². The van der Waals surface area contributed by atoms with Gasteiger partial charge in [-0.3, -0.25) is 9.59 Å². The predicted molar refractivity (Wildman–Crippen MR) is 73.5 cm³/mol. The summed E-state index contributed by atoms with van der Waals surface area (Å²) in [5.74, 6) is -1.27. The highest BCUT2D eigenvalue weighted by Gasteiger charge is 2.15. The number of nitrogens with one attached hydrogen (secondary N) is 1. The van der Waals surface area contributed by atoms with Gasteiger partial charge in [-0.2, -0.15) is 4.80 Å². The Balaban J connectivity index is 2.01. The second-order valence-electron chi connectivity index (χ2n) is 4.28. The van der Waals surface area contributed by atoms with Crippen LogP contribution < -0.4 is 5.32 Å². The summed E-state index contributed by atoms with van der Waals surface area (Å²) in [6.07, 6.45) is 0. The molecule has 0 aliphatic rings. The van der Waals surface area contributed by atoms with Crippen LogP contribution in [0.2, 0.25) is 5.02 Å². The van der Waals surface area contributed by atoms with Crippen LogP contribution in [0.1, 0.15) is 6.92 Å². The van der Waals surface area contributed by atoms with Gasteiger partial charge in [-0.1, -0.05) is 11.6 Å². The van der Waals surface area contributed by atoms with E-state index >= 15 is 0 Å². The van der Waals surface area contributed by atoms with Crippen molar-refractivity contribution in [2.75, 3.05) is 0 Å². The summed E-state index contributed by atoms with van der Waals surface area (Å²) in [4.78, 5) is 23.3. The highest BCUT2D eigenvalue weighted by molar-refractivity contribution is 6.30. The Bertz CT molecular complexity index is 655. The average Bonchev–Trinajstić information content (AvgIpc) is 2.87. The second kappa shape index (κ2) is 6.31. The van der Waals surface area contributed by atoms with Crippen LogP contribution in [0.25, 0.3) is 11.4 Å². The molecule has 110 valence electrons. The van der Waals surface area contributed by atoms with E-state index in [1.165, 1.54) is 6.92 Å². The van der Waals surface area contributed by atoms with Crippen LogP contribution in [0.15, 0.2) is 24.3 Å². The lowest BCUT2D eigenvalue weighted by molar-refractivity contribution is -0.141. The fourth-order valence-electron chi connectivity index (χ4n) is 1.50. The SMILES string of the molecule is CC(NC(=O)Cn1nnc(-c2ccc(Cl)cc2)n1)C(=O)O. The minimum atomic E-state index is -1.11. The maximum Gasteiger partial charge on any atom is 0.325 e. The molecule has 0 saturated carbocycles. The van der Waals surface area contributed by atoms with Crippen LogP contribution in [0, 0.1) is 0 Å². The van der Waals surface area contributed by atoms with Crippen molar-refractivity contribution in [1.29, 1.82) is 0 Å². The fourth-order valence-corrected chi connectivity index (χ4v) is 1.63. The number of nitrogens with zero attached hydrogens (tertiary/aromatic N) is 4. The number of tetrazole rings is 1. The Labute approximate surface area is 124 Å². The van der Waals surface area contributed by atoms with Gasteiger partial charge in [-0.15, -0.1) is 10.2 Å². The van der Waals surface area contributed by atoms with Gasteiger partial charge in [0.1, 0.15) is 12.6 Å². The standard InChI is InChI=1S/C12H12ClN5O3/c1-7(12(20)21)14-10(19)6-18-16-11(15-17-18)8-2-4-9(13)5-3-8/h2-5,7H,6H2,1H3,(H,14,19)(H,20,21). The molecule has 0 bridgehead atoms. The van der Waals surface area contributed by atoms with Crippen molar-refractivity contribution in [3.05, 3.63) is 29.3 Å². The van der Waals surface area contributed by atoms with Gasteiger partial charge >= 0.3 is 5.97 Å². The molecule has 0 fully saturated rings. The first-order chi connectivity index (χ1) is 9.95. The van der Waals surface area contributed by atoms with Crippen molar-refractivity contribution in [1.82, 2.24) is 25.5 Å². The summed E-state index contributed by atoms with van der Waals surface area (Å²) >= 11 is 5.78. The Morgan fingerprint density at radius 3 is 2.67 bits per heavy atom. The molecule has 1 aromatic heterocycles. The number of hydrogen-bond acceptors (Lipinski definition) is 5. The number of carboxylic acid groups (broad SMARTS) is 1. The Kier molecular flexibility index (Phi) is 4.49. The molecule has 0 radical (unpaired) electrons. The topological polar surface area (TPSA) is 110 Å². The first-order valence-corrected chi connectivity index (χ1v) is 6.39. The number of carbonyl (C=O) groups is 2. The molecule has 1 heterocycles. The second-order valence-corrected chi connectivity index (χ2v) is 4.71. The fraction of sp³-hybridized carbons (Fsp3) is 0.250.